The number of rotatable bonds is 4. The number of nitrogens with zero attached hydrogens (tertiary/aromatic N) is 1. The quantitative estimate of drug-likeness (QED) is 0.875. The van der Waals surface area contributed by atoms with Gasteiger partial charge < -0.3 is 10.2 Å². The molecular weight excluding hydrogens is 269 g/mol. The predicted molar refractivity (Wildman–Crippen MR) is 63.3 cm³/mol. The predicted octanol–water partition coefficient (Wildman–Crippen LogP) is 1.55. The summed E-state index contributed by atoms with van der Waals surface area (Å²) in [6.07, 6.45) is -1.58. The van der Waals surface area contributed by atoms with Crippen molar-refractivity contribution < 1.29 is 19.4 Å². The van der Waals surface area contributed by atoms with Gasteiger partial charge in [0, 0.05) is 18.9 Å². The number of thioether (sulfide) groups is 1. The minimum atomic E-state index is -1.49. The molecule has 0 aliphatic rings. The topological polar surface area (TPSA) is 70.4 Å². The standard InChI is InChI=1S/C10H11ClFNO3S/c1-5(14)17-4-8(15)10(16)9-7(12)2-6(11)3-13-9/h2-3,8,10,15-16H,4H2,1H3. The monoisotopic (exact) mass is 279 g/mol. The van der Waals surface area contributed by atoms with Gasteiger partial charge in [-0.2, -0.15) is 0 Å². The molecule has 1 aromatic rings. The third-order valence-corrected chi connectivity index (χ3v) is 3.06. The maximum absolute atomic E-state index is 13.4. The van der Waals surface area contributed by atoms with Crippen LogP contribution >= 0.6 is 23.4 Å². The minimum Gasteiger partial charge on any atom is -0.389 e. The number of aliphatic hydroxyl groups is 2. The Labute approximate surface area is 107 Å². The van der Waals surface area contributed by atoms with Crippen molar-refractivity contribution in [2.24, 2.45) is 0 Å². The van der Waals surface area contributed by atoms with Crippen molar-refractivity contribution in [3.8, 4) is 0 Å². The largest absolute Gasteiger partial charge is 0.389 e. The highest BCUT2D eigenvalue weighted by Crippen LogP contribution is 2.22. The molecule has 0 aliphatic heterocycles. The molecule has 0 saturated heterocycles. The molecule has 0 saturated carbocycles. The zero-order valence-corrected chi connectivity index (χ0v) is 10.5. The lowest BCUT2D eigenvalue weighted by atomic mass is 10.1. The van der Waals surface area contributed by atoms with E-state index in [0.29, 0.717) is 0 Å². The van der Waals surface area contributed by atoms with E-state index in [4.69, 9.17) is 11.6 Å². The number of carbonyl (C=O) groups is 1. The first-order valence-electron chi connectivity index (χ1n) is 4.72. The Morgan fingerprint density at radius 3 is 2.82 bits per heavy atom. The van der Waals surface area contributed by atoms with Gasteiger partial charge in [0.1, 0.15) is 17.6 Å². The molecule has 2 atom stereocenters. The lowest BCUT2D eigenvalue weighted by Gasteiger charge is -2.16. The van der Waals surface area contributed by atoms with E-state index in [1.165, 1.54) is 13.1 Å². The van der Waals surface area contributed by atoms with Crippen LogP contribution in [0.25, 0.3) is 0 Å². The van der Waals surface area contributed by atoms with Crippen LogP contribution in [0.4, 0.5) is 4.39 Å². The van der Waals surface area contributed by atoms with E-state index in [9.17, 15) is 19.4 Å². The molecule has 1 heterocycles. The summed E-state index contributed by atoms with van der Waals surface area (Å²) in [5.74, 6) is -0.822. The summed E-state index contributed by atoms with van der Waals surface area (Å²) in [5.41, 5.74) is -0.286. The van der Waals surface area contributed by atoms with E-state index >= 15 is 0 Å². The maximum atomic E-state index is 13.4. The molecule has 0 aliphatic carbocycles. The van der Waals surface area contributed by atoms with Gasteiger partial charge in [0.25, 0.3) is 0 Å². The van der Waals surface area contributed by atoms with E-state index in [1.807, 2.05) is 0 Å². The van der Waals surface area contributed by atoms with Crippen molar-refractivity contribution >= 4 is 28.5 Å². The molecule has 4 nitrogen and oxygen atoms in total. The Kier molecular flexibility index (Phi) is 5.32. The fourth-order valence-corrected chi connectivity index (χ4v) is 1.85. The Hall–Kier alpha value is -0.690. The molecule has 2 N–H and O–H groups in total. The second-order valence-electron chi connectivity index (χ2n) is 3.34. The van der Waals surface area contributed by atoms with Crippen molar-refractivity contribution in [1.82, 2.24) is 4.98 Å². The summed E-state index contributed by atoms with van der Waals surface area (Å²) in [7, 11) is 0. The number of halogens is 2. The molecule has 17 heavy (non-hydrogen) atoms. The molecule has 0 aromatic carbocycles. The first kappa shape index (κ1) is 14.4. The highest BCUT2D eigenvalue weighted by atomic mass is 35.5. The fraction of sp³-hybridized carbons (Fsp3) is 0.400. The molecular formula is C10H11ClFNO3S. The number of hydrogen-bond acceptors (Lipinski definition) is 5. The van der Waals surface area contributed by atoms with E-state index in [0.717, 1.165) is 17.8 Å². The Morgan fingerprint density at radius 2 is 2.29 bits per heavy atom. The van der Waals surface area contributed by atoms with Gasteiger partial charge in [0.2, 0.25) is 0 Å². The van der Waals surface area contributed by atoms with Crippen LogP contribution < -0.4 is 0 Å². The molecule has 0 spiro atoms. The average molecular weight is 280 g/mol. The van der Waals surface area contributed by atoms with Crippen LogP contribution in [0, 0.1) is 5.82 Å². The van der Waals surface area contributed by atoms with Gasteiger partial charge >= 0.3 is 0 Å². The van der Waals surface area contributed by atoms with E-state index < -0.39 is 18.0 Å². The van der Waals surface area contributed by atoms with Crippen molar-refractivity contribution in [2.75, 3.05) is 5.75 Å². The van der Waals surface area contributed by atoms with Gasteiger partial charge in [-0.3, -0.25) is 9.78 Å². The number of pyridine rings is 1. The zero-order chi connectivity index (χ0) is 13.0. The van der Waals surface area contributed by atoms with Crippen LogP contribution in [0.15, 0.2) is 12.3 Å². The smallest absolute Gasteiger partial charge is 0.185 e. The second kappa shape index (κ2) is 6.30. The van der Waals surface area contributed by atoms with Crippen LogP contribution in [-0.2, 0) is 4.79 Å². The Morgan fingerprint density at radius 1 is 1.65 bits per heavy atom. The Bertz CT molecular complexity index is 419. The summed E-state index contributed by atoms with van der Waals surface area (Å²) in [6.45, 7) is 1.34. The number of hydrogen-bond donors (Lipinski definition) is 2. The van der Waals surface area contributed by atoms with Crippen molar-refractivity contribution in [3.63, 3.8) is 0 Å². The number of carbonyl (C=O) groups excluding carboxylic acids is 1. The summed E-state index contributed by atoms with van der Waals surface area (Å²) < 4.78 is 13.4. The summed E-state index contributed by atoms with van der Waals surface area (Å²) in [4.78, 5) is 14.3. The number of aliphatic hydroxyl groups excluding tert-OH is 2. The van der Waals surface area contributed by atoms with Gasteiger partial charge in [0.15, 0.2) is 5.12 Å². The van der Waals surface area contributed by atoms with E-state index in [-0.39, 0.29) is 21.6 Å². The highest BCUT2D eigenvalue weighted by molar-refractivity contribution is 8.13. The highest BCUT2D eigenvalue weighted by Gasteiger charge is 2.23. The third kappa shape index (κ3) is 4.23. The molecule has 1 aromatic heterocycles. The van der Waals surface area contributed by atoms with Crippen LogP contribution in [-0.4, -0.2) is 32.2 Å². The molecule has 0 fully saturated rings. The number of aromatic nitrogens is 1. The zero-order valence-electron chi connectivity index (χ0n) is 8.93. The van der Waals surface area contributed by atoms with Gasteiger partial charge in [0.05, 0.1) is 11.1 Å². The molecule has 0 bridgehead atoms. The molecule has 2 unspecified atom stereocenters. The van der Waals surface area contributed by atoms with Crippen LogP contribution in [0.3, 0.4) is 0 Å². The summed E-state index contributed by atoms with van der Waals surface area (Å²) >= 11 is 6.35. The first-order chi connectivity index (χ1) is 7.91. The molecule has 0 amide bonds. The SMILES string of the molecule is CC(=O)SCC(O)C(O)c1ncc(Cl)cc1F. The molecule has 0 radical (unpaired) electrons. The van der Waals surface area contributed by atoms with Crippen molar-refractivity contribution in [3.05, 3.63) is 28.8 Å². The average Bonchev–Trinajstić information content (AvgIpc) is 2.25. The molecule has 7 heteroatoms. The third-order valence-electron chi connectivity index (χ3n) is 1.94. The first-order valence-corrected chi connectivity index (χ1v) is 6.08. The Balaban J connectivity index is 2.74. The molecule has 1 rings (SSSR count). The normalized spacial score (nSPS) is 14.4. The van der Waals surface area contributed by atoms with Gasteiger partial charge in [-0.25, -0.2) is 4.39 Å². The van der Waals surface area contributed by atoms with Gasteiger partial charge in [-0.05, 0) is 6.07 Å². The van der Waals surface area contributed by atoms with E-state index in [1.54, 1.807) is 0 Å². The maximum Gasteiger partial charge on any atom is 0.185 e. The van der Waals surface area contributed by atoms with Gasteiger partial charge in [-0.1, -0.05) is 23.4 Å². The van der Waals surface area contributed by atoms with Crippen LogP contribution in [0.2, 0.25) is 5.02 Å². The van der Waals surface area contributed by atoms with Crippen molar-refractivity contribution in [2.45, 2.75) is 19.1 Å². The minimum absolute atomic E-state index is 0.0275. The second-order valence-corrected chi connectivity index (χ2v) is 4.97. The van der Waals surface area contributed by atoms with Crippen LogP contribution in [0.5, 0.6) is 0 Å². The van der Waals surface area contributed by atoms with Gasteiger partial charge in [-0.15, -0.1) is 0 Å². The lowest BCUT2D eigenvalue weighted by Crippen LogP contribution is -2.23. The summed E-state index contributed by atoms with van der Waals surface area (Å²) in [5, 5.41) is 19.1. The fourth-order valence-electron chi connectivity index (χ4n) is 1.12. The summed E-state index contributed by atoms with van der Waals surface area (Å²) in [6, 6.07) is 0.998. The van der Waals surface area contributed by atoms with Crippen LogP contribution in [0.1, 0.15) is 18.7 Å². The van der Waals surface area contributed by atoms with Crippen molar-refractivity contribution in [1.29, 1.82) is 0 Å². The van der Waals surface area contributed by atoms with E-state index in [2.05, 4.69) is 4.98 Å². The molecule has 94 valence electrons. The lowest BCUT2D eigenvalue weighted by molar-refractivity contribution is -0.109.